The standard InChI is InChI=1S/C11H9ClO2S.C2H6/c1-6-8-4-3-7(12)5-9(8)15-10(6)11(13)14-2;1-2/h3-5H,1-2H3;1-2H3. The van der Waals surface area contributed by atoms with Crippen molar-refractivity contribution in [1.82, 2.24) is 0 Å². The molecule has 92 valence electrons. The average Bonchev–Trinajstić information content (AvgIpc) is 2.68. The molecule has 4 heteroatoms. The summed E-state index contributed by atoms with van der Waals surface area (Å²) in [5.41, 5.74) is 0.957. The predicted molar refractivity (Wildman–Crippen MR) is 74.3 cm³/mol. The molecule has 0 radical (unpaired) electrons. The second-order valence-corrected chi connectivity index (χ2v) is 4.68. The lowest BCUT2D eigenvalue weighted by atomic mass is 10.1. The zero-order valence-electron chi connectivity index (χ0n) is 10.3. The number of carbonyl (C=O) groups is 1. The SMILES string of the molecule is CC.COC(=O)c1sc2cc(Cl)ccc2c1C. The van der Waals surface area contributed by atoms with Crippen LogP contribution in [-0.4, -0.2) is 13.1 Å². The van der Waals surface area contributed by atoms with E-state index in [1.165, 1.54) is 18.4 Å². The number of hydrogen-bond donors (Lipinski definition) is 0. The summed E-state index contributed by atoms with van der Waals surface area (Å²) >= 11 is 7.30. The van der Waals surface area contributed by atoms with Gasteiger partial charge in [0.15, 0.2) is 0 Å². The molecule has 2 aromatic rings. The minimum Gasteiger partial charge on any atom is -0.465 e. The van der Waals surface area contributed by atoms with Gasteiger partial charge < -0.3 is 4.74 Å². The van der Waals surface area contributed by atoms with Crippen molar-refractivity contribution in [3.8, 4) is 0 Å². The largest absolute Gasteiger partial charge is 0.465 e. The fourth-order valence-electron chi connectivity index (χ4n) is 1.49. The minimum absolute atomic E-state index is 0.287. The molecule has 0 atom stereocenters. The van der Waals surface area contributed by atoms with Crippen LogP contribution < -0.4 is 0 Å². The van der Waals surface area contributed by atoms with Crippen LogP contribution in [-0.2, 0) is 4.74 Å². The van der Waals surface area contributed by atoms with Gasteiger partial charge in [-0.2, -0.15) is 0 Å². The molecule has 0 spiro atoms. The van der Waals surface area contributed by atoms with Gasteiger partial charge in [0.05, 0.1) is 7.11 Å². The van der Waals surface area contributed by atoms with Crippen LogP contribution >= 0.6 is 22.9 Å². The van der Waals surface area contributed by atoms with Gasteiger partial charge in [-0.25, -0.2) is 4.79 Å². The molecular weight excluding hydrogens is 256 g/mol. The van der Waals surface area contributed by atoms with Crippen LogP contribution in [0.25, 0.3) is 10.1 Å². The first kappa shape index (κ1) is 14.0. The summed E-state index contributed by atoms with van der Waals surface area (Å²) in [7, 11) is 1.39. The Hall–Kier alpha value is -1.06. The normalized spacial score (nSPS) is 9.71. The molecule has 0 saturated heterocycles. The highest BCUT2D eigenvalue weighted by Crippen LogP contribution is 2.32. The fraction of sp³-hybridized carbons (Fsp3) is 0.308. The van der Waals surface area contributed by atoms with Crippen LogP contribution in [0.15, 0.2) is 18.2 Å². The Morgan fingerprint density at radius 2 is 2.00 bits per heavy atom. The molecule has 0 amide bonds. The van der Waals surface area contributed by atoms with E-state index in [0.29, 0.717) is 9.90 Å². The maximum atomic E-state index is 11.4. The molecule has 0 N–H and O–H groups in total. The van der Waals surface area contributed by atoms with Crippen LogP contribution in [0.2, 0.25) is 5.02 Å². The first-order valence-corrected chi connectivity index (χ1v) is 6.60. The van der Waals surface area contributed by atoms with E-state index in [2.05, 4.69) is 0 Å². The van der Waals surface area contributed by atoms with Crippen LogP contribution in [0.3, 0.4) is 0 Å². The van der Waals surface area contributed by atoms with Gasteiger partial charge in [-0.3, -0.25) is 0 Å². The lowest BCUT2D eigenvalue weighted by Gasteiger charge is -1.95. The second kappa shape index (κ2) is 6.03. The Bertz CT molecular complexity index is 531. The topological polar surface area (TPSA) is 26.3 Å². The molecule has 0 saturated carbocycles. The molecule has 0 bridgehead atoms. The van der Waals surface area contributed by atoms with Crippen LogP contribution in [0.4, 0.5) is 0 Å². The van der Waals surface area contributed by atoms with Crippen molar-refractivity contribution in [2.24, 2.45) is 0 Å². The summed E-state index contributed by atoms with van der Waals surface area (Å²) in [5, 5.41) is 1.74. The van der Waals surface area contributed by atoms with E-state index < -0.39 is 0 Å². The zero-order chi connectivity index (χ0) is 13.0. The Labute approximate surface area is 110 Å². The molecule has 0 fully saturated rings. The van der Waals surface area contributed by atoms with E-state index in [1.54, 1.807) is 0 Å². The highest BCUT2D eigenvalue weighted by atomic mass is 35.5. The van der Waals surface area contributed by atoms with E-state index in [-0.39, 0.29) is 5.97 Å². The van der Waals surface area contributed by atoms with Gasteiger partial charge in [-0.15, -0.1) is 11.3 Å². The molecule has 1 aromatic heterocycles. The number of carbonyl (C=O) groups excluding carboxylic acids is 1. The second-order valence-electron chi connectivity index (χ2n) is 3.19. The summed E-state index contributed by atoms with van der Waals surface area (Å²) in [6.07, 6.45) is 0. The number of methoxy groups -OCH3 is 1. The number of halogens is 1. The Kier molecular flexibility index (Phi) is 4.97. The van der Waals surface area contributed by atoms with E-state index in [0.717, 1.165) is 15.6 Å². The molecule has 1 aromatic carbocycles. The number of thiophene rings is 1. The molecule has 1 heterocycles. The van der Waals surface area contributed by atoms with Gasteiger partial charge in [0.2, 0.25) is 0 Å². The monoisotopic (exact) mass is 270 g/mol. The Morgan fingerprint density at radius 3 is 2.59 bits per heavy atom. The van der Waals surface area contributed by atoms with E-state index >= 15 is 0 Å². The summed E-state index contributed by atoms with van der Waals surface area (Å²) in [4.78, 5) is 12.1. The predicted octanol–water partition coefficient (Wildman–Crippen LogP) is 4.68. The third-order valence-corrected chi connectivity index (χ3v) is 3.74. The molecule has 2 rings (SSSR count). The van der Waals surface area contributed by atoms with Crippen LogP contribution in [0.1, 0.15) is 29.1 Å². The maximum Gasteiger partial charge on any atom is 0.348 e. The van der Waals surface area contributed by atoms with Gasteiger partial charge >= 0.3 is 5.97 Å². The number of ether oxygens (including phenoxy) is 1. The van der Waals surface area contributed by atoms with Crippen LogP contribution in [0, 0.1) is 6.92 Å². The molecule has 0 aliphatic rings. The lowest BCUT2D eigenvalue weighted by molar-refractivity contribution is 0.0605. The summed E-state index contributed by atoms with van der Waals surface area (Å²) in [6, 6.07) is 5.61. The van der Waals surface area contributed by atoms with Gasteiger partial charge in [-0.05, 0) is 30.0 Å². The van der Waals surface area contributed by atoms with E-state index in [9.17, 15) is 4.79 Å². The highest BCUT2D eigenvalue weighted by molar-refractivity contribution is 7.21. The molecule has 17 heavy (non-hydrogen) atoms. The highest BCUT2D eigenvalue weighted by Gasteiger charge is 2.15. The van der Waals surface area contributed by atoms with Crippen molar-refractivity contribution in [2.75, 3.05) is 7.11 Å². The maximum absolute atomic E-state index is 11.4. The quantitative estimate of drug-likeness (QED) is 0.704. The zero-order valence-corrected chi connectivity index (χ0v) is 11.9. The van der Waals surface area contributed by atoms with Gasteiger partial charge in [-0.1, -0.05) is 31.5 Å². The van der Waals surface area contributed by atoms with Crippen molar-refractivity contribution in [3.63, 3.8) is 0 Å². The van der Waals surface area contributed by atoms with Gasteiger partial charge in [0, 0.05) is 9.72 Å². The van der Waals surface area contributed by atoms with Crippen molar-refractivity contribution >= 4 is 39.0 Å². The third-order valence-electron chi connectivity index (χ3n) is 2.27. The number of aryl methyl sites for hydroxylation is 1. The van der Waals surface area contributed by atoms with E-state index in [4.69, 9.17) is 16.3 Å². The number of hydrogen-bond acceptors (Lipinski definition) is 3. The molecule has 0 aliphatic heterocycles. The molecule has 0 unspecified atom stereocenters. The smallest absolute Gasteiger partial charge is 0.348 e. The summed E-state index contributed by atoms with van der Waals surface area (Å²) < 4.78 is 5.73. The first-order valence-electron chi connectivity index (χ1n) is 5.40. The minimum atomic E-state index is -0.287. The number of fused-ring (bicyclic) bond motifs is 1. The third kappa shape index (κ3) is 2.79. The van der Waals surface area contributed by atoms with Gasteiger partial charge in [0.1, 0.15) is 4.88 Å². The fourth-order valence-corrected chi connectivity index (χ4v) is 2.89. The van der Waals surface area contributed by atoms with Crippen molar-refractivity contribution in [1.29, 1.82) is 0 Å². The first-order chi connectivity index (χ1) is 8.13. The number of rotatable bonds is 1. The summed E-state index contributed by atoms with van der Waals surface area (Å²) in [6.45, 7) is 5.92. The Balaban J connectivity index is 0.000000686. The molecule has 0 aliphatic carbocycles. The summed E-state index contributed by atoms with van der Waals surface area (Å²) in [5.74, 6) is -0.287. The Morgan fingerprint density at radius 1 is 1.35 bits per heavy atom. The number of esters is 1. The van der Waals surface area contributed by atoms with E-state index in [1.807, 2.05) is 39.0 Å². The van der Waals surface area contributed by atoms with Crippen molar-refractivity contribution in [3.05, 3.63) is 33.7 Å². The lowest BCUT2D eigenvalue weighted by Crippen LogP contribution is -1.99. The van der Waals surface area contributed by atoms with Crippen LogP contribution in [0.5, 0.6) is 0 Å². The van der Waals surface area contributed by atoms with Crippen molar-refractivity contribution < 1.29 is 9.53 Å². The number of benzene rings is 1. The van der Waals surface area contributed by atoms with Crippen molar-refractivity contribution in [2.45, 2.75) is 20.8 Å². The average molecular weight is 271 g/mol. The van der Waals surface area contributed by atoms with Gasteiger partial charge in [0.25, 0.3) is 0 Å². The molecular formula is C13H15ClO2S. The molecule has 2 nitrogen and oxygen atoms in total.